The summed E-state index contributed by atoms with van der Waals surface area (Å²) in [4.78, 5) is 11.6. The molecule has 3 nitrogen and oxygen atoms in total. The Kier molecular flexibility index (Phi) is 3.01. The highest BCUT2D eigenvalue weighted by Gasteiger charge is 2.62. The highest BCUT2D eigenvalue weighted by atomic mass is 16.7. The molecule has 0 N–H and O–H groups in total. The van der Waals surface area contributed by atoms with Crippen molar-refractivity contribution in [1.29, 1.82) is 0 Å². The average molecular weight is 212 g/mol. The van der Waals surface area contributed by atoms with Crippen molar-refractivity contribution in [2.24, 2.45) is 5.92 Å². The molecule has 0 spiro atoms. The molecule has 2 aliphatic rings. The Balaban J connectivity index is 1.89. The maximum Gasteiger partial charge on any atom is 0.340 e. The lowest BCUT2D eigenvalue weighted by Gasteiger charge is -2.20. The predicted molar refractivity (Wildman–Crippen MR) is 56.5 cm³/mol. The van der Waals surface area contributed by atoms with Gasteiger partial charge in [-0.15, -0.1) is 0 Å². The zero-order valence-electron chi connectivity index (χ0n) is 9.62. The van der Waals surface area contributed by atoms with E-state index in [9.17, 15) is 4.79 Å². The van der Waals surface area contributed by atoms with Gasteiger partial charge in [0.25, 0.3) is 0 Å². The first-order chi connectivity index (χ1) is 7.18. The molecule has 1 saturated heterocycles. The molecule has 1 aliphatic heterocycles. The summed E-state index contributed by atoms with van der Waals surface area (Å²) in [5.41, 5.74) is -0.627. The van der Waals surface area contributed by atoms with Gasteiger partial charge >= 0.3 is 5.97 Å². The lowest BCUT2D eigenvalue weighted by molar-refractivity contribution is -0.148. The number of ether oxygens (including phenoxy) is 2. The Labute approximate surface area is 91.1 Å². The Hall–Kier alpha value is -0.570. The molecule has 86 valence electrons. The molecular weight excluding hydrogens is 192 g/mol. The minimum atomic E-state index is -0.627. The van der Waals surface area contributed by atoms with Gasteiger partial charge in [-0.05, 0) is 32.6 Å². The van der Waals surface area contributed by atoms with E-state index in [0.717, 1.165) is 0 Å². The van der Waals surface area contributed by atoms with Crippen LogP contribution in [0.5, 0.6) is 0 Å². The van der Waals surface area contributed by atoms with E-state index in [-0.39, 0.29) is 12.1 Å². The summed E-state index contributed by atoms with van der Waals surface area (Å²) in [5.74, 6) is 0.397. The van der Waals surface area contributed by atoms with E-state index in [4.69, 9.17) is 9.47 Å². The van der Waals surface area contributed by atoms with E-state index in [1.165, 1.54) is 32.1 Å². The SMILES string of the molecule is CCOC(=O)C1(C)OC1C1CCCCC1. The quantitative estimate of drug-likeness (QED) is 0.532. The maximum atomic E-state index is 11.6. The fourth-order valence-corrected chi connectivity index (χ4v) is 2.65. The zero-order chi connectivity index (χ0) is 10.9. The molecule has 1 aliphatic carbocycles. The van der Waals surface area contributed by atoms with Crippen LogP contribution < -0.4 is 0 Å². The molecule has 2 fully saturated rings. The third-order valence-electron chi connectivity index (χ3n) is 3.62. The lowest BCUT2D eigenvalue weighted by atomic mass is 9.83. The molecule has 0 aromatic heterocycles. The largest absolute Gasteiger partial charge is 0.464 e. The van der Waals surface area contributed by atoms with Crippen LogP contribution in [0.25, 0.3) is 0 Å². The second-order valence-corrected chi connectivity index (χ2v) is 4.76. The van der Waals surface area contributed by atoms with Gasteiger partial charge in [0, 0.05) is 0 Å². The highest BCUT2D eigenvalue weighted by molar-refractivity contribution is 5.82. The smallest absolute Gasteiger partial charge is 0.340 e. The van der Waals surface area contributed by atoms with Crippen molar-refractivity contribution in [2.75, 3.05) is 6.61 Å². The van der Waals surface area contributed by atoms with E-state index < -0.39 is 5.60 Å². The van der Waals surface area contributed by atoms with Crippen LogP contribution in [-0.2, 0) is 14.3 Å². The highest BCUT2D eigenvalue weighted by Crippen LogP contribution is 2.46. The number of esters is 1. The van der Waals surface area contributed by atoms with Gasteiger partial charge in [-0.1, -0.05) is 19.3 Å². The van der Waals surface area contributed by atoms with E-state index >= 15 is 0 Å². The van der Waals surface area contributed by atoms with E-state index in [1.54, 1.807) is 0 Å². The molecule has 15 heavy (non-hydrogen) atoms. The van der Waals surface area contributed by atoms with Gasteiger partial charge in [0.2, 0.25) is 0 Å². The topological polar surface area (TPSA) is 38.8 Å². The number of rotatable bonds is 3. The first-order valence-electron chi connectivity index (χ1n) is 6.03. The molecule has 0 aromatic carbocycles. The molecule has 2 unspecified atom stereocenters. The normalized spacial score (nSPS) is 36.3. The molecular formula is C12H20O3. The lowest BCUT2D eigenvalue weighted by Crippen LogP contribution is -2.29. The molecule has 0 aromatic rings. The van der Waals surface area contributed by atoms with Crippen molar-refractivity contribution in [3.05, 3.63) is 0 Å². The van der Waals surface area contributed by atoms with Crippen LogP contribution in [0.2, 0.25) is 0 Å². The third-order valence-corrected chi connectivity index (χ3v) is 3.62. The van der Waals surface area contributed by atoms with E-state index in [1.807, 2.05) is 13.8 Å². The van der Waals surface area contributed by atoms with Crippen molar-refractivity contribution in [2.45, 2.75) is 57.7 Å². The summed E-state index contributed by atoms with van der Waals surface area (Å²) < 4.78 is 10.6. The molecule has 1 heterocycles. The van der Waals surface area contributed by atoms with Crippen LogP contribution in [0.1, 0.15) is 46.0 Å². The van der Waals surface area contributed by atoms with Crippen molar-refractivity contribution in [1.82, 2.24) is 0 Å². The first-order valence-corrected chi connectivity index (χ1v) is 6.03. The minimum absolute atomic E-state index is 0.122. The summed E-state index contributed by atoms with van der Waals surface area (Å²) in [6.07, 6.45) is 6.43. The summed E-state index contributed by atoms with van der Waals surface area (Å²) in [6.45, 7) is 4.14. The van der Waals surface area contributed by atoms with Crippen molar-refractivity contribution < 1.29 is 14.3 Å². The maximum absolute atomic E-state index is 11.6. The predicted octanol–water partition coefficient (Wildman–Crippen LogP) is 2.29. The number of hydrogen-bond donors (Lipinski definition) is 0. The Morgan fingerprint density at radius 3 is 2.67 bits per heavy atom. The van der Waals surface area contributed by atoms with Crippen LogP contribution in [0.15, 0.2) is 0 Å². The summed E-state index contributed by atoms with van der Waals surface area (Å²) in [6, 6.07) is 0. The number of hydrogen-bond acceptors (Lipinski definition) is 3. The fraction of sp³-hybridized carbons (Fsp3) is 0.917. The van der Waals surface area contributed by atoms with Crippen molar-refractivity contribution in [3.8, 4) is 0 Å². The number of carbonyl (C=O) groups excluding carboxylic acids is 1. The second-order valence-electron chi connectivity index (χ2n) is 4.76. The van der Waals surface area contributed by atoms with Gasteiger partial charge in [0.1, 0.15) is 6.10 Å². The minimum Gasteiger partial charge on any atom is -0.464 e. The molecule has 3 heteroatoms. The standard InChI is InChI=1S/C12H20O3/c1-3-14-11(13)12(2)10(15-12)9-7-5-4-6-8-9/h9-10H,3-8H2,1-2H3. The Morgan fingerprint density at radius 2 is 2.07 bits per heavy atom. The van der Waals surface area contributed by atoms with Crippen LogP contribution in [-0.4, -0.2) is 24.3 Å². The van der Waals surface area contributed by atoms with Gasteiger partial charge in [0.05, 0.1) is 6.61 Å². The zero-order valence-corrected chi connectivity index (χ0v) is 9.62. The third kappa shape index (κ3) is 2.03. The second kappa shape index (κ2) is 4.12. The molecule has 1 saturated carbocycles. The van der Waals surface area contributed by atoms with Gasteiger partial charge in [0.15, 0.2) is 5.60 Å². The molecule has 2 rings (SSSR count). The summed E-state index contributed by atoms with van der Waals surface area (Å²) in [7, 11) is 0. The molecule has 0 amide bonds. The van der Waals surface area contributed by atoms with Gasteiger partial charge in [-0.25, -0.2) is 4.79 Å². The van der Waals surface area contributed by atoms with Gasteiger partial charge in [-0.3, -0.25) is 0 Å². The van der Waals surface area contributed by atoms with Crippen molar-refractivity contribution in [3.63, 3.8) is 0 Å². The van der Waals surface area contributed by atoms with Crippen LogP contribution in [0.4, 0.5) is 0 Å². The molecule has 0 bridgehead atoms. The first kappa shape index (κ1) is 10.9. The average Bonchev–Trinajstić information content (AvgIpc) is 2.94. The van der Waals surface area contributed by atoms with Crippen LogP contribution in [0.3, 0.4) is 0 Å². The van der Waals surface area contributed by atoms with Crippen LogP contribution >= 0.6 is 0 Å². The van der Waals surface area contributed by atoms with E-state index in [2.05, 4.69) is 0 Å². The monoisotopic (exact) mass is 212 g/mol. The summed E-state index contributed by atoms with van der Waals surface area (Å²) >= 11 is 0. The van der Waals surface area contributed by atoms with Gasteiger partial charge < -0.3 is 9.47 Å². The molecule has 2 atom stereocenters. The fourth-order valence-electron chi connectivity index (χ4n) is 2.65. The summed E-state index contributed by atoms with van der Waals surface area (Å²) in [5, 5.41) is 0. The molecule has 0 radical (unpaired) electrons. The number of epoxide rings is 1. The van der Waals surface area contributed by atoms with Crippen molar-refractivity contribution >= 4 is 5.97 Å². The van der Waals surface area contributed by atoms with E-state index in [0.29, 0.717) is 12.5 Å². The van der Waals surface area contributed by atoms with Crippen LogP contribution in [0, 0.1) is 5.92 Å². The Bertz CT molecular complexity index is 245. The van der Waals surface area contributed by atoms with Gasteiger partial charge in [-0.2, -0.15) is 0 Å². The Morgan fingerprint density at radius 1 is 1.40 bits per heavy atom. The number of carbonyl (C=O) groups is 1.